The molecule has 0 aromatic heterocycles. The van der Waals surface area contributed by atoms with Crippen LogP contribution in [0.5, 0.6) is 0 Å². The van der Waals surface area contributed by atoms with Crippen LogP contribution in [0.25, 0.3) is 0 Å². The highest BCUT2D eigenvalue weighted by Gasteiger charge is 2.21. The lowest BCUT2D eigenvalue weighted by atomic mass is 9.89. The first-order chi connectivity index (χ1) is 10.1. The maximum absolute atomic E-state index is 11.3. The molecule has 0 saturated heterocycles. The molecule has 6 heteroatoms. The van der Waals surface area contributed by atoms with Crippen molar-refractivity contribution < 1.29 is 14.9 Å². The zero-order valence-electron chi connectivity index (χ0n) is 12.3. The second kappa shape index (κ2) is 7.06. The lowest BCUT2D eigenvalue weighted by Crippen LogP contribution is -2.17. The number of hydrogen-bond acceptors (Lipinski definition) is 3. The first-order valence-electron chi connectivity index (χ1n) is 7.38. The molecule has 114 valence electrons. The molecule has 1 aromatic carbocycles. The van der Waals surface area contributed by atoms with E-state index in [-0.39, 0.29) is 16.5 Å². The smallest absolute Gasteiger partial charge is 0.341 e. The van der Waals surface area contributed by atoms with E-state index in [4.69, 9.17) is 0 Å². The number of anilines is 2. The van der Waals surface area contributed by atoms with Crippen LogP contribution < -0.4 is 10.6 Å². The molecule has 3 N–H and O–H groups in total. The van der Waals surface area contributed by atoms with Crippen LogP contribution in [0.4, 0.5) is 17.1 Å². The number of nitrogens with zero attached hydrogens (tertiary/aromatic N) is 1. The maximum atomic E-state index is 11.3. The van der Waals surface area contributed by atoms with Gasteiger partial charge in [-0.15, -0.1) is 0 Å². The molecule has 0 radical (unpaired) electrons. The second-order valence-corrected chi connectivity index (χ2v) is 5.57. The molecule has 6 nitrogen and oxygen atoms in total. The molecule has 0 spiro atoms. The molecular weight excluding hydrogens is 270 g/mol. The van der Waals surface area contributed by atoms with E-state index < -0.39 is 0 Å². The van der Waals surface area contributed by atoms with Gasteiger partial charge in [-0.05, 0) is 30.9 Å². The van der Waals surface area contributed by atoms with Gasteiger partial charge < -0.3 is 10.6 Å². The van der Waals surface area contributed by atoms with Crippen LogP contribution >= 0.6 is 0 Å². The topological polar surface area (TPSA) is 81.4 Å². The highest BCUT2D eigenvalue weighted by atomic mass is 16.6. The summed E-state index contributed by atoms with van der Waals surface area (Å²) in [6, 6.07) is 4.86. The molecule has 1 amide bonds. The van der Waals surface area contributed by atoms with E-state index in [2.05, 4.69) is 10.6 Å². The first-order valence-corrected chi connectivity index (χ1v) is 7.38. The van der Waals surface area contributed by atoms with E-state index in [9.17, 15) is 14.9 Å². The molecule has 0 aliphatic heterocycles. The third kappa shape index (κ3) is 4.44. The van der Waals surface area contributed by atoms with Crippen LogP contribution in [0.3, 0.4) is 0 Å². The Morgan fingerprint density at radius 2 is 2.05 bits per heavy atom. The van der Waals surface area contributed by atoms with Gasteiger partial charge in [0.15, 0.2) is 0 Å². The van der Waals surface area contributed by atoms with E-state index >= 15 is 0 Å². The number of nitrogens with one attached hydrogen (secondary N) is 2. The van der Waals surface area contributed by atoms with Crippen LogP contribution in [-0.2, 0) is 4.79 Å². The lowest BCUT2D eigenvalue weighted by Gasteiger charge is -2.22. The minimum atomic E-state index is -0.223. The quantitative estimate of drug-likeness (QED) is 0.726. The van der Waals surface area contributed by atoms with Crippen molar-refractivity contribution in [3.63, 3.8) is 0 Å². The highest BCUT2D eigenvalue weighted by Crippen LogP contribution is 2.29. The Kier molecular flexibility index (Phi) is 5.14. The van der Waals surface area contributed by atoms with E-state index in [0.717, 1.165) is 6.54 Å². The van der Waals surface area contributed by atoms with Gasteiger partial charge in [-0.3, -0.25) is 4.79 Å². The minimum absolute atomic E-state index is 0.108. The van der Waals surface area contributed by atoms with Crippen molar-refractivity contribution in [2.45, 2.75) is 39.0 Å². The van der Waals surface area contributed by atoms with Gasteiger partial charge in [0.05, 0.1) is 4.91 Å². The summed E-state index contributed by atoms with van der Waals surface area (Å²) in [4.78, 5) is 22.1. The van der Waals surface area contributed by atoms with Gasteiger partial charge in [0.1, 0.15) is 5.69 Å². The Morgan fingerprint density at radius 1 is 1.33 bits per heavy atom. The molecule has 1 aromatic rings. The number of hydrogen-bond donors (Lipinski definition) is 3. The van der Waals surface area contributed by atoms with Gasteiger partial charge in [-0.2, -0.15) is 0 Å². The van der Waals surface area contributed by atoms with Crippen molar-refractivity contribution >= 4 is 23.0 Å². The van der Waals surface area contributed by atoms with Crippen molar-refractivity contribution in [2.24, 2.45) is 5.92 Å². The third-order valence-corrected chi connectivity index (χ3v) is 3.83. The Balaban J connectivity index is 2.06. The van der Waals surface area contributed by atoms with Crippen molar-refractivity contribution in [1.82, 2.24) is 0 Å². The van der Waals surface area contributed by atoms with Gasteiger partial charge >= 0.3 is 5.69 Å². The van der Waals surface area contributed by atoms with Gasteiger partial charge in [-0.25, -0.2) is 5.21 Å². The van der Waals surface area contributed by atoms with E-state index in [1.165, 1.54) is 45.1 Å². The summed E-state index contributed by atoms with van der Waals surface area (Å²) in [5.41, 5.74) is 1.17. The highest BCUT2D eigenvalue weighted by molar-refractivity contribution is 5.89. The average Bonchev–Trinajstić information content (AvgIpc) is 2.46. The standard InChI is InChI=1S/C15H21N3O3/c1-11(19)17-13-7-8-14(15(9-13)18(20)21)16-10-12-5-3-2-4-6-12/h7-9,12,16H,2-6,10H2,1H3,(H-,17,19,20,21)/p+1. The van der Waals surface area contributed by atoms with E-state index in [1.54, 1.807) is 12.1 Å². The number of carbonyl (C=O) groups is 1. The Morgan fingerprint density at radius 3 is 2.67 bits per heavy atom. The molecule has 0 atom stereocenters. The maximum Gasteiger partial charge on any atom is 0.341 e. The summed E-state index contributed by atoms with van der Waals surface area (Å²) < 4.78 is 0. The largest absolute Gasteiger partial charge is 0.379 e. The Hall–Kier alpha value is -2.11. The SMILES string of the molecule is CC(=O)Nc1ccc(NCC2CCCCC2)c([N+](=O)O)c1. The Labute approximate surface area is 124 Å². The fourth-order valence-electron chi connectivity index (χ4n) is 2.77. The third-order valence-electron chi connectivity index (χ3n) is 3.83. The number of amides is 1. The predicted octanol–water partition coefficient (Wildman–Crippen LogP) is 3.44. The van der Waals surface area contributed by atoms with E-state index in [1.807, 2.05) is 0 Å². The Bertz CT molecular complexity index is 525. The summed E-state index contributed by atoms with van der Waals surface area (Å²) in [6.45, 7) is 2.18. The van der Waals surface area contributed by atoms with Crippen molar-refractivity contribution in [3.8, 4) is 0 Å². The van der Waals surface area contributed by atoms with Gasteiger partial charge in [-0.1, -0.05) is 19.3 Å². The summed E-state index contributed by atoms with van der Waals surface area (Å²) in [6.07, 6.45) is 6.22. The predicted molar refractivity (Wildman–Crippen MR) is 80.9 cm³/mol. The van der Waals surface area contributed by atoms with Crippen molar-refractivity contribution in [1.29, 1.82) is 0 Å². The number of rotatable bonds is 5. The lowest BCUT2D eigenvalue weighted by molar-refractivity contribution is -0.729. The van der Waals surface area contributed by atoms with Crippen LogP contribution in [0.1, 0.15) is 39.0 Å². The number of carbonyl (C=O) groups excluding carboxylic acids is 1. The summed E-state index contributed by atoms with van der Waals surface area (Å²) in [7, 11) is 0. The monoisotopic (exact) mass is 292 g/mol. The second-order valence-electron chi connectivity index (χ2n) is 5.57. The minimum Gasteiger partial charge on any atom is -0.379 e. The molecule has 1 fully saturated rings. The molecule has 0 bridgehead atoms. The normalized spacial score (nSPS) is 15.5. The van der Waals surface area contributed by atoms with Crippen LogP contribution in [-0.4, -0.2) is 22.6 Å². The molecule has 0 unspecified atom stereocenters. The van der Waals surface area contributed by atoms with E-state index in [0.29, 0.717) is 17.3 Å². The van der Waals surface area contributed by atoms with Crippen molar-refractivity contribution in [3.05, 3.63) is 23.1 Å². The summed E-state index contributed by atoms with van der Waals surface area (Å²) in [5.74, 6) is 0.389. The fraction of sp³-hybridized carbons (Fsp3) is 0.533. The molecule has 2 rings (SSSR count). The molecule has 1 aliphatic carbocycles. The van der Waals surface area contributed by atoms with Gasteiger partial charge in [0, 0.05) is 25.2 Å². The molecule has 21 heavy (non-hydrogen) atoms. The molecule has 1 aliphatic rings. The van der Waals surface area contributed by atoms with Crippen LogP contribution in [0.15, 0.2) is 18.2 Å². The van der Waals surface area contributed by atoms with Crippen molar-refractivity contribution in [2.75, 3.05) is 17.2 Å². The summed E-state index contributed by atoms with van der Waals surface area (Å²) >= 11 is 0. The molecule has 0 heterocycles. The fourth-order valence-corrected chi connectivity index (χ4v) is 2.77. The first kappa shape index (κ1) is 15.3. The average molecular weight is 292 g/mol. The zero-order valence-corrected chi connectivity index (χ0v) is 12.3. The van der Waals surface area contributed by atoms with Crippen LogP contribution in [0.2, 0.25) is 0 Å². The number of benzene rings is 1. The van der Waals surface area contributed by atoms with Crippen LogP contribution in [0, 0.1) is 10.8 Å². The zero-order chi connectivity index (χ0) is 15.2. The van der Waals surface area contributed by atoms with Gasteiger partial charge in [0.25, 0.3) is 4.92 Å². The summed E-state index contributed by atoms with van der Waals surface area (Å²) in [5, 5.41) is 15.0. The molecule has 1 saturated carbocycles. The van der Waals surface area contributed by atoms with Gasteiger partial charge in [0.2, 0.25) is 5.91 Å². The molecular formula is C15H22N3O3+.